The summed E-state index contributed by atoms with van der Waals surface area (Å²) in [5.74, 6) is 0.225. The zero-order chi connectivity index (χ0) is 8.53. The molecule has 0 atom stereocenters. The standard InChI is InChI=1S/C6H11NO.C2H5Br/c8-6-4-2-1-3-5-7-6;1-2-3/h1-5H2,(H,7,8);2H2,1H3. The van der Waals surface area contributed by atoms with Gasteiger partial charge in [0.25, 0.3) is 0 Å². The summed E-state index contributed by atoms with van der Waals surface area (Å²) in [5, 5.41) is 3.87. The Morgan fingerprint density at radius 3 is 2.73 bits per heavy atom. The van der Waals surface area contributed by atoms with Crippen LogP contribution < -0.4 is 5.32 Å². The van der Waals surface area contributed by atoms with Gasteiger partial charge >= 0.3 is 0 Å². The number of rotatable bonds is 0. The van der Waals surface area contributed by atoms with Crippen molar-refractivity contribution in [2.24, 2.45) is 0 Å². The Morgan fingerprint density at radius 2 is 2.09 bits per heavy atom. The molecule has 0 bridgehead atoms. The number of halogens is 1. The third kappa shape index (κ3) is 7.85. The van der Waals surface area contributed by atoms with E-state index >= 15 is 0 Å². The molecule has 1 aliphatic rings. The number of carbonyl (C=O) groups excluding carboxylic acids is 1. The molecule has 0 radical (unpaired) electrons. The summed E-state index contributed by atoms with van der Waals surface area (Å²) in [7, 11) is 0. The summed E-state index contributed by atoms with van der Waals surface area (Å²) >= 11 is 3.15. The van der Waals surface area contributed by atoms with Crippen LogP contribution >= 0.6 is 15.9 Å². The molecule has 0 aromatic rings. The molecule has 1 saturated heterocycles. The Kier molecular flexibility index (Phi) is 8.01. The van der Waals surface area contributed by atoms with Crippen LogP contribution in [-0.2, 0) is 4.79 Å². The molecule has 2 nitrogen and oxygen atoms in total. The van der Waals surface area contributed by atoms with Gasteiger partial charge in [0.2, 0.25) is 5.91 Å². The van der Waals surface area contributed by atoms with Crippen LogP contribution in [0.15, 0.2) is 0 Å². The van der Waals surface area contributed by atoms with E-state index in [1.54, 1.807) is 0 Å². The van der Waals surface area contributed by atoms with Gasteiger partial charge in [-0.1, -0.05) is 29.3 Å². The molecule has 0 aromatic carbocycles. The first-order valence-electron chi connectivity index (χ1n) is 4.14. The van der Waals surface area contributed by atoms with Gasteiger partial charge in [0.15, 0.2) is 0 Å². The molecule has 1 amide bonds. The van der Waals surface area contributed by atoms with Crippen LogP contribution in [-0.4, -0.2) is 17.8 Å². The van der Waals surface area contributed by atoms with Crippen molar-refractivity contribution in [2.75, 3.05) is 11.9 Å². The molecule has 1 aliphatic heterocycles. The molecule has 1 N–H and O–H groups in total. The number of amides is 1. The van der Waals surface area contributed by atoms with Crippen LogP contribution in [0.5, 0.6) is 0 Å². The second-order valence-corrected chi connectivity index (χ2v) is 3.55. The fraction of sp³-hybridized carbons (Fsp3) is 0.875. The van der Waals surface area contributed by atoms with Crippen molar-refractivity contribution in [3.8, 4) is 0 Å². The molecule has 0 aliphatic carbocycles. The van der Waals surface area contributed by atoms with Crippen molar-refractivity contribution in [3.63, 3.8) is 0 Å². The van der Waals surface area contributed by atoms with Crippen molar-refractivity contribution in [1.82, 2.24) is 5.32 Å². The fourth-order valence-electron chi connectivity index (χ4n) is 0.904. The van der Waals surface area contributed by atoms with Gasteiger partial charge in [-0.2, -0.15) is 0 Å². The van der Waals surface area contributed by atoms with Crippen molar-refractivity contribution in [1.29, 1.82) is 0 Å². The maximum Gasteiger partial charge on any atom is 0.219 e. The predicted octanol–water partition coefficient (Wildman–Crippen LogP) is 2.08. The molecular weight excluding hydrogens is 206 g/mol. The summed E-state index contributed by atoms with van der Waals surface area (Å²) in [6.07, 6.45) is 4.18. The van der Waals surface area contributed by atoms with E-state index in [1.807, 2.05) is 6.92 Å². The van der Waals surface area contributed by atoms with Gasteiger partial charge in [0, 0.05) is 18.3 Å². The van der Waals surface area contributed by atoms with Crippen molar-refractivity contribution < 1.29 is 4.79 Å². The van der Waals surface area contributed by atoms with Crippen molar-refractivity contribution in [2.45, 2.75) is 32.6 Å². The third-order valence-electron chi connectivity index (χ3n) is 1.40. The van der Waals surface area contributed by atoms with Gasteiger partial charge in [0.1, 0.15) is 0 Å². The van der Waals surface area contributed by atoms with E-state index in [0.29, 0.717) is 0 Å². The van der Waals surface area contributed by atoms with Gasteiger partial charge in [0.05, 0.1) is 0 Å². The molecule has 1 heterocycles. The Balaban J connectivity index is 0.000000292. The summed E-state index contributed by atoms with van der Waals surface area (Å²) in [6, 6.07) is 0. The Morgan fingerprint density at radius 1 is 1.45 bits per heavy atom. The molecule has 1 fully saturated rings. The summed E-state index contributed by atoms with van der Waals surface area (Å²) in [4.78, 5) is 10.6. The lowest BCUT2D eigenvalue weighted by atomic mass is 10.2. The Labute approximate surface area is 76.9 Å². The summed E-state index contributed by atoms with van der Waals surface area (Å²) in [5.41, 5.74) is 0. The quantitative estimate of drug-likeness (QED) is 0.624. The highest BCUT2D eigenvalue weighted by molar-refractivity contribution is 9.09. The van der Waals surface area contributed by atoms with E-state index in [9.17, 15) is 4.79 Å². The van der Waals surface area contributed by atoms with E-state index in [4.69, 9.17) is 0 Å². The zero-order valence-corrected chi connectivity index (χ0v) is 8.61. The van der Waals surface area contributed by atoms with E-state index in [2.05, 4.69) is 21.2 Å². The highest BCUT2D eigenvalue weighted by Crippen LogP contribution is 2.02. The van der Waals surface area contributed by atoms with Gasteiger partial charge in [-0.3, -0.25) is 4.79 Å². The topological polar surface area (TPSA) is 29.1 Å². The number of nitrogens with one attached hydrogen (secondary N) is 1. The van der Waals surface area contributed by atoms with Crippen molar-refractivity contribution >= 4 is 21.8 Å². The van der Waals surface area contributed by atoms with Crippen LogP contribution in [0.3, 0.4) is 0 Å². The average molecular weight is 222 g/mol. The molecule has 0 spiro atoms. The molecular formula is C8H16BrNO. The maximum absolute atomic E-state index is 10.6. The van der Waals surface area contributed by atoms with Crippen LogP contribution in [0, 0.1) is 0 Å². The fourth-order valence-corrected chi connectivity index (χ4v) is 0.904. The maximum atomic E-state index is 10.6. The molecule has 1 rings (SSSR count). The van der Waals surface area contributed by atoms with Gasteiger partial charge in [-0.15, -0.1) is 0 Å². The Hall–Kier alpha value is -0.0500. The number of alkyl halides is 1. The first-order valence-corrected chi connectivity index (χ1v) is 5.26. The normalized spacial score (nSPS) is 17.5. The number of hydrogen-bond donors (Lipinski definition) is 1. The van der Waals surface area contributed by atoms with Gasteiger partial charge in [-0.05, 0) is 12.8 Å². The molecule has 0 saturated carbocycles. The Bertz CT molecular complexity index is 96.3. The highest BCUT2D eigenvalue weighted by Gasteiger charge is 2.03. The molecule has 66 valence electrons. The minimum atomic E-state index is 0.225. The number of hydrogen-bond acceptors (Lipinski definition) is 1. The van der Waals surface area contributed by atoms with E-state index in [1.165, 1.54) is 6.42 Å². The van der Waals surface area contributed by atoms with Crippen LogP contribution in [0.4, 0.5) is 0 Å². The minimum absolute atomic E-state index is 0.225. The summed E-state index contributed by atoms with van der Waals surface area (Å²) in [6.45, 7) is 2.93. The van der Waals surface area contributed by atoms with Gasteiger partial charge in [-0.25, -0.2) is 0 Å². The van der Waals surface area contributed by atoms with Crippen LogP contribution in [0.25, 0.3) is 0 Å². The molecule has 3 heteroatoms. The first kappa shape index (κ1) is 11.0. The largest absolute Gasteiger partial charge is 0.356 e. The lowest BCUT2D eigenvalue weighted by Crippen LogP contribution is -2.21. The second kappa shape index (κ2) is 8.05. The summed E-state index contributed by atoms with van der Waals surface area (Å²) < 4.78 is 0. The lowest BCUT2D eigenvalue weighted by molar-refractivity contribution is -0.120. The molecule has 0 unspecified atom stereocenters. The molecule has 11 heavy (non-hydrogen) atoms. The van der Waals surface area contributed by atoms with Crippen LogP contribution in [0.2, 0.25) is 0 Å². The highest BCUT2D eigenvalue weighted by atomic mass is 79.9. The van der Waals surface area contributed by atoms with Crippen LogP contribution in [0.1, 0.15) is 32.6 Å². The molecule has 0 aromatic heterocycles. The SMILES string of the molecule is CCBr.O=C1CCCCCN1. The lowest BCUT2D eigenvalue weighted by Gasteiger charge is -1.93. The van der Waals surface area contributed by atoms with E-state index < -0.39 is 0 Å². The number of carbonyl (C=O) groups is 1. The predicted molar refractivity (Wildman–Crippen MR) is 50.9 cm³/mol. The minimum Gasteiger partial charge on any atom is -0.356 e. The average Bonchev–Trinajstić information content (AvgIpc) is 2.18. The van der Waals surface area contributed by atoms with E-state index in [-0.39, 0.29) is 5.91 Å². The zero-order valence-electron chi connectivity index (χ0n) is 7.03. The van der Waals surface area contributed by atoms with E-state index in [0.717, 1.165) is 31.1 Å². The second-order valence-electron chi connectivity index (χ2n) is 2.43. The third-order valence-corrected chi connectivity index (χ3v) is 1.40. The monoisotopic (exact) mass is 221 g/mol. The smallest absolute Gasteiger partial charge is 0.219 e. The first-order chi connectivity index (χ1) is 5.31. The van der Waals surface area contributed by atoms with Gasteiger partial charge < -0.3 is 5.32 Å². The van der Waals surface area contributed by atoms with Crippen molar-refractivity contribution in [3.05, 3.63) is 0 Å².